The Morgan fingerprint density at radius 1 is 1.21 bits per heavy atom. The maximum Gasteiger partial charge on any atom is 0.308 e. The van der Waals surface area contributed by atoms with E-state index in [9.17, 15) is 13.2 Å². The van der Waals surface area contributed by atoms with Crippen LogP contribution in [0, 0.1) is 5.92 Å². The van der Waals surface area contributed by atoms with Gasteiger partial charge in [-0.15, -0.1) is 0 Å². The van der Waals surface area contributed by atoms with E-state index >= 15 is 0 Å². The van der Waals surface area contributed by atoms with Crippen molar-refractivity contribution in [3.05, 3.63) is 29.8 Å². The molecule has 1 unspecified atom stereocenters. The summed E-state index contributed by atoms with van der Waals surface area (Å²) in [5.41, 5.74) is 0.858. The van der Waals surface area contributed by atoms with Crippen molar-refractivity contribution in [2.45, 2.75) is 60.0 Å². The van der Waals surface area contributed by atoms with Gasteiger partial charge >= 0.3 is 10.1 Å². The molecule has 6 heteroatoms. The summed E-state index contributed by atoms with van der Waals surface area (Å²) in [6.45, 7) is 10.1. The molecule has 0 aromatic heterocycles. The number of hydrogen-bond acceptors (Lipinski definition) is 4. The highest BCUT2D eigenvalue weighted by Gasteiger charge is 2.20. The fraction of sp³-hybridized carbons (Fsp3) is 0.611. The largest absolute Gasteiger partial charge is 0.382 e. The average Bonchev–Trinajstić information content (AvgIpc) is 2.51. The summed E-state index contributed by atoms with van der Waals surface area (Å²) in [6, 6.07) is 7.05. The number of carbonyl (C=O) groups is 1. The molecule has 0 aliphatic rings. The summed E-state index contributed by atoms with van der Waals surface area (Å²) in [5.74, 6) is 0.623. The van der Waals surface area contributed by atoms with Crippen LogP contribution in [0.1, 0.15) is 53.0 Å². The van der Waals surface area contributed by atoms with Crippen molar-refractivity contribution in [2.75, 3.05) is 5.75 Å². The zero-order valence-electron chi connectivity index (χ0n) is 15.3. The molecule has 0 saturated carbocycles. The first-order chi connectivity index (χ1) is 11.2. The van der Waals surface area contributed by atoms with Crippen LogP contribution in [0.3, 0.4) is 0 Å². The van der Waals surface area contributed by atoms with E-state index in [2.05, 4.69) is 0 Å². The van der Waals surface area contributed by atoms with Crippen molar-refractivity contribution < 1.29 is 17.4 Å². The second-order valence-corrected chi connectivity index (χ2v) is 8.31. The second-order valence-electron chi connectivity index (χ2n) is 6.45. The van der Waals surface area contributed by atoms with E-state index in [0.717, 1.165) is 12.0 Å². The van der Waals surface area contributed by atoms with E-state index in [0.29, 0.717) is 18.9 Å². The molecule has 24 heavy (non-hydrogen) atoms. The number of carbonyl (C=O) groups excluding carboxylic acids is 1. The summed E-state index contributed by atoms with van der Waals surface area (Å²) in [6.07, 6.45) is 1.37. The lowest BCUT2D eigenvalue weighted by Crippen LogP contribution is -2.38. The number of hydrogen-bond donors (Lipinski definition) is 0. The van der Waals surface area contributed by atoms with E-state index < -0.39 is 10.1 Å². The predicted molar refractivity (Wildman–Crippen MR) is 96.3 cm³/mol. The van der Waals surface area contributed by atoms with Crippen LogP contribution in [0.15, 0.2) is 24.3 Å². The zero-order valence-corrected chi connectivity index (χ0v) is 16.1. The van der Waals surface area contributed by atoms with Crippen molar-refractivity contribution in [2.24, 2.45) is 5.92 Å². The minimum atomic E-state index is -3.55. The van der Waals surface area contributed by atoms with Gasteiger partial charge in [-0.2, -0.15) is 8.42 Å². The first-order valence-corrected chi connectivity index (χ1v) is 10.1. The topological polar surface area (TPSA) is 63.7 Å². The first kappa shape index (κ1) is 20.5. The minimum absolute atomic E-state index is 0.0803. The van der Waals surface area contributed by atoms with E-state index in [1.54, 1.807) is 18.2 Å². The average molecular weight is 356 g/mol. The highest BCUT2D eigenvalue weighted by atomic mass is 32.2. The van der Waals surface area contributed by atoms with Crippen molar-refractivity contribution in [3.63, 3.8) is 0 Å². The Balaban J connectivity index is 2.96. The quantitative estimate of drug-likeness (QED) is 0.635. The van der Waals surface area contributed by atoms with Gasteiger partial charge in [-0.25, -0.2) is 0 Å². The Bertz CT molecular complexity index is 640. The summed E-state index contributed by atoms with van der Waals surface area (Å²) in [5, 5.41) is 0. The smallest absolute Gasteiger partial charge is 0.308 e. The Morgan fingerprint density at radius 3 is 2.42 bits per heavy atom. The van der Waals surface area contributed by atoms with Gasteiger partial charge in [0.2, 0.25) is 5.91 Å². The van der Waals surface area contributed by atoms with Crippen molar-refractivity contribution in [1.29, 1.82) is 0 Å². The van der Waals surface area contributed by atoms with Gasteiger partial charge in [0.05, 0.1) is 5.75 Å². The Kier molecular flexibility index (Phi) is 7.73. The van der Waals surface area contributed by atoms with Crippen LogP contribution in [0.25, 0.3) is 0 Å². The summed E-state index contributed by atoms with van der Waals surface area (Å²) in [4.78, 5) is 14.4. The Morgan fingerprint density at radius 2 is 1.88 bits per heavy atom. The summed E-state index contributed by atoms with van der Waals surface area (Å²) in [7, 11) is -3.55. The molecular formula is C18H29NO4S. The predicted octanol–water partition coefficient (Wildman–Crippen LogP) is 3.59. The molecule has 1 rings (SSSR count). The monoisotopic (exact) mass is 355 g/mol. The van der Waals surface area contributed by atoms with Crippen LogP contribution in [0.4, 0.5) is 0 Å². The lowest BCUT2D eigenvalue weighted by atomic mass is 10.1. The molecule has 1 aromatic carbocycles. The molecule has 0 heterocycles. The van der Waals surface area contributed by atoms with Crippen LogP contribution < -0.4 is 4.18 Å². The number of nitrogens with zero attached hydrogens (tertiary/aromatic N) is 1. The molecule has 136 valence electrons. The van der Waals surface area contributed by atoms with E-state index in [4.69, 9.17) is 4.18 Å². The SMILES string of the molecule is CCC(C)N(Cc1cccc(OS(=O)(=O)CC)c1)C(=O)CC(C)C. The maximum absolute atomic E-state index is 12.5. The van der Waals surface area contributed by atoms with Crippen LogP contribution in [0.5, 0.6) is 5.75 Å². The molecule has 1 aromatic rings. The third-order valence-corrected chi connectivity index (χ3v) is 5.01. The van der Waals surface area contributed by atoms with Crippen LogP contribution in [-0.4, -0.2) is 31.0 Å². The Hall–Kier alpha value is -1.56. The highest BCUT2D eigenvalue weighted by Crippen LogP contribution is 2.20. The third-order valence-electron chi connectivity index (χ3n) is 3.85. The van der Waals surface area contributed by atoms with Gasteiger partial charge in [-0.1, -0.05) is 32.9 Å². The lowest BCUT2D eigenvalue weighted by molar-refractivity contribution is -0.134. The minimum Gasteiger partial charge on any atom is -0.382 e. The number of benzene rings is 1. The second kappa shape index (κ2) is 9.06. The molecule has 1 atom stereocenters. The molecule has 0 aliphatic heterocycles. The fourth-order valence-electron chi connectivity index (χ4n) is 2.27. The molecule has 0 radical (unpaired) electrons. The number of rotatable bonds is 9. The molecule has 0 aliphatic carbocycles. The molecule has 1 amide bonds. The van der Waals surface area contributed by atoms with E-state index in [-0.39, 0.29) is 23.5 Å². The van der Waals surface area contributed by atoms with Crippen molar-refractivity contribution in [3.8, 4) is 5.75 Å². The highest BCUT2D eigenvalue weighted by molar-refractivity contribution is 7.87. The van der Waals surface area contributed by atoms with Gasteiger partial charge in [-0.05, 0) is 43.9 Å². The fourth-order valence-corrected chi connectivity index (χ4v) is 2.79. The Labute approximate surface area is 146 Å². The van der Waals surface area contributed by atoms with Crippen LogP contribution in [-0.2, 0) is 21.5 Å². The first-order valence-electron chi connectivity index (χ1n) is 8.49. The molecule has 0 N–H and O–H groups in total. The van der Waals surface area contributed by atoms with Crippen molar-refractivity contribution in [1.82, 2.24) is 4.90 Å². The maximum atomic E-state index is 12.5. The van der Waals surface area contributed by atoms with Gasteiger partial charge in [0, 0.05) is 19.0 Å². The zero-order chi connectivity index (χ0) is 18.3. The van der Waals surface area contributed by atoms with E-state index in [1.165, 1.54) is 6.92 Å². The van der Waals surface area contributed by atoms with Gasteiger partial charge in [0.25, 0.3) is 0 Å². The van der Waals surface area contributed by atoms with Gasteiger partial charge in [-0.3, -0.25) is 4.79 Å². The van der Waals surface area contributed by atoms with Crippen molar-refractivity contribution >= 4 is 16.0 Å². The van der Waals surface area contributed by atoms with Gasteiger partial charge in [0.1, 0.15) is 5.75 Å². The number of amides is 1. The molecule has 0 spiro atoms. The van der Waals surface area contributed by atoms with E-state index in [1.807, 2.05) is 38.7 Å². The molecule has 0 saturated heterocycles. The molecule has 5 nitrogen and oxygen atoms in total. The molecular weight excluding hydrogens is 326 g/mol. The molecule has 0 bridgehead atoms. The van der Waals surface area contributed by atoms with Gasteiger partial charge < -0.3 is 9.08 Å². The van der Waals surface area contributed by atoms with Crippen LogP contribution >= 0.6 is 0 Å². The molecule has 0 fully saturated rings. The standard InChI is InChI=1S/C18H29NO4S/c1-6-15(5)19(18(20)11-14(3)4)13-16-9-8-10-17(12-16)23-24(21,22)7-2/h8-10,12,14-15H,6-7,11,13H2,1-5H3. The normalized spacial score (nSPS) is 12.9. The van der Waals surface area contributed by atoms with Gasteiger partial charge in [0.15, 0.2) is 0 Å². The van der Waals surface area contributed by atoms with Crippen LogP contribution in [0.2, 0.25) is 0 Å². The summed E-state index contributed by atoms with van der Waals surface area (Å²) >= 11 is 0. The lowest BCUT2D eigenvalue weighted by Gasteiger charge is -2.29. The summed E-state index contributed by atoms with van der Waals surface area (Å²) < 4.78 is 28.3. The third kappa shape index (κ3) is 6.51.